The van der Waals surface area contributed by atoms with Crippen LogP contribution in [0.5, 0.6) is 0 Å². The van der Waals surface area contributed by atoms with E-state index >= 15 is 0 Å². The maximum absolute atomic E-state index is 4.82. The lowest BCUT2D eigenvalue weighted by atomic mass is 9.99. The van der Waals surface area contributed by atoms with Crippen molar-refractivity contribution in [1.29, 1.82) is 0 Å². The second-order valence-electron chi connectivity index (χ2n) is 4.51. The summed E-state index contributed by atoms with van der Waals surface area (Å²) in [6.45, 7) is 4.42. The van der Waals surface area contributed by atoms with Crippen molar-refractivity contribution in [1.82, 2.24) is 10.3 Å². The molecule has 3 rings (SSSR count). The standard InChI is InChI=1S/C13H16N2S2.ClH/c1-9-2-3-12(17-9)11-8-16-13(15-11)10-4-6-14-7-5-10;/h2-3,8,10,14H,4-7H2,1H3;1H. The van der Waals surface area contributed by atoms with E-state index in [1.165, 1.54) is 33.3 Å². The fourth-order valence-electron chi connectivity index (χ4n) is 2.23. The van der Waals surface area contributed by atoms with E-state index in [1.807, 2.05) is 22.7 Å². The fraction of sp³-hybridized carbons (Fsp3) is 0.462. The summed E-state index contributed by atoms with van der Waals surface area (Å²) < 4.78 is 0. The van der Waals surface area contributed by atoms with Crippen molar-refractivity contribution < 1.29 is 0 Å². The molecule has 2 nitrogen and oxygen atoms in total. The van der Waals surface area contributed by atoms with Crippen LogP contribution in [0.3, 0.4) is 0 Å². The zero-order chi connectivity index (χ0) is 11.7. The Balaban J connectivity index is 0.00000120. The monoisotopic (exact) mass is 300 g/mol. The van der Waals surface area contributed by atoms with E-state index < -0.39 is 0 Å². The normalized spacial score (nSPS) is 16.5. The molecule has 1 fully saturated rings. The van der Waals surface area contributed by atoms with Crippen LogP contribution >= 0.6 is 35.1 Å². The number of halogens is 1. The zero-order valence-electron chi connectivity index (χ0n) is 10.3. The first-order valence-corrected chi connectivity index (χ1v) is 7.75. The molecule has 5 heteroatoms. The van der Waals surface area contributed by atoms with Gasteiger partial charge in [0.1, 0.15) is 0 Å². The highest BCUT2D eigenvalue weighted by atomic mass is 35.5. The predicted octanol–water partition coefficient (Wildman–Crippen LogP) is 4.07. The molecule has 0 bridgehead atoms. The van der Waals surface area contributed by atoms with Crippen molar-refractivity contribution in [2.24, 2.45) is 0 Å². The summed E-state index contributed by atoms with van der Waals surface area (Å²) in [5.74, 6) is 0.677. The van der Waals surface area contributed by atoms with Crippen molar-refractivity contribution >= 4 is 35.1 Å². The Morgan fingerprint density at radius 3 is 2.72 bits per heavy atom. The lowest BCUT2D eigenvalue weighted by Gasteiger charge is -2.20. The molecule has 0 aliphatic carbocycles. The molecule has 18 heavy (non-hydrogen) atoms. The first-order valence-electron chi connectivity index (χ1n) is 6.06. The van der Waals surface area contributed by atoms with Gasteiger partial charge in [-0.1, -0.05) is 0 Å². The van der Waals surface area contributed by atoms with Gasteiger partial charge in [0.15, 0.2) is 0 Å². The highest BCUT2D eigenvalue weighted by Gasteiger charge is 2.18. The van der Waals surface area contributed by atoms with Gasteiger partial charge in [0.05, 0.1) is 15.6 Å². The number of thiazole rings is 1. The van der Waals surface area contributed by atoms with Crippen LogP contribution in [0.2, 0.25) is 0 Å². The van der Waals surface area contributed by atoms with Crippen LogP contribution in [-0.2, 0) is 0 Å². The van der Waals surface area contributed by atoms with Gasteiger partial charge < -0.3 is 5.32 Å². The van der Waals surface area contributed by atoms with Gasteiger partial charge in [0.25, 0.3) is 0 Å². The van der Waals surface area contributed by atoms with E-state index in [0.717, 1.165) is 13.1 Å². The van der Waals surface area contributed by atoms with Crippen LogP contribution in [0.15, 0.2) is 17.5 Å². The van der Waals surface area contributed by atoms with Crippen LogP contribution in [0, 0.1) is 6.92 Å². The zero-order valence-corrected chi connectivity index (χ0v) is 12.8. The Morgan fingerprint density at radius 2 is 2.06 bits per heavy atom. The maximum atomic E-state index is 4.82. The van der Waals surface area contributed by atoms with Gasteiger partial charge in [0, 0.05) is 16.2 Å². The third-order valence-electron chi connectivity index (χ3n) is 3.20. The molecule has 1 N–H and O–H groups in total. The van der Waals surface area contributed by atoms with E-state index in [2.05, 4.69) is 29.8 Å². The summed E-state index contributed by atoms with van der Waals surface area (Å²) in [7, 11) is 0. The van der Waals surface area contributed by atoms with Crippen molar-refractivity contribution in [3.05, 3.63) is 27.4 Å². The summed E-state index contributed by atoms with van der Waals surface area (Å²) in [5.41, 5.74) is 1.17. The molecular formula is C13H17ClN2S2. The van der Waals surface area contributed by atoms with E-state index in [1.54, 1.807) is 0 Å². The summed E-state index contributed by atoms with van der Waals surface area (Å²) in [6.07, 6.45) is 2.47. The number of aromatic nitrogens is 1. The Morgan fingerprint density at radius 1 is 1.28 bits per heavy atom. The third-order valence-corrected chi connectivity index (χ3v) is 5.23. The van der Waals surface area contributed by atoms with Crippen LogP contribution in [0.1, 0.15) is 28.6 Å². The Kier molecular flexibility index (Phi) is 4.78. The van der Waals surface area contributed by atoms with Crippen LogP contribution in [-0.4, -0.2) is 18.1 Å². The number of nitrogens with zero attached hydrogens (tertiary/aromatic N) is 1. The largest absolute Gasteiger partial charge is 0.317 e. The molecule has 3 heterocycles. The first kappa shape index (κ1) is 14.0. The van der Waals surface area contributed by atoms with Crippen molar-refractivity contribution in [3.63, 3.8) is 0 Å². The number of hydrogen-bond donors (Lipinski definition) is 1. The van der Waals surface area contributed by atoms with Crippen molar-refractivity contribution in [2.45, 2.75) is 25.7 Å². The molecule has 0 saturated carbocycles. The molecule has 0 amide bonds. The molecular weight excluding hydrogens is 284 g/mol. The Hall–Kier alpha value is -0.420. The lowest BCUT2D eigenvalue weighted by molar-refractivity contribution is 0.459. The molecule has 0 atom stereocenters. The summed E-state index contributed by atoms with van der Waals surface area (Å²) in [4.78, 5) is 7.48. The van der Waals surface area contributed by atoms with Gasteiger partial charge in [-0.05, 0) is 45.0 Å². The van der Waals surface area contributed by atoms with E-state index in [0.29, 0.717) is 5.92 Å². The molecule has 0 unspecified atom stereocenters. The minimum Gasteiger partial charge on any atom is -0.317 e. The number of piperidine rings is 1. The summed E-state index contributed by atoms with van der Waals surface area (Å²) >= 11 is 3.66. The number of rotatable bonds is 2. The molecule has 1 saturated heterocycles. The van der Waals surface area contributed by atoms with Crippen LogP contribution in [0.25, 0.3) is 10.6 Å². The Labute approximate surface area is 122 Å². The number of aryl methyl sites for hydroxylation is 1. The van der Waals surface area contributed by atoms with Gasteiger partial charge in [-0.2, -0.15) is 0 Å². The molecule has 2 aromatic heterocycles. The lowest BCUT2D eigenvalue weighted by Crippen LogP contribution is -2.26. The van der Waals surface area contributed by atoms with Gasteiger partial charge >= 0.3 is 0 Å². The topological polar surface area (TPSA) is 24.9 Å². The molecule has 0 radical (unpaired) electrons. The first-order chi connectivity index (χ1) is 8.33. The average Bonchev–Trinajstić information content (AvgIpc) is 2.98. The molecule has 2 aromatic rings. The van der Waals surface area contributed by atoms with Gasteiger partial charge in [-0.25, -0.2) is 4.98 Å². The van der Waals surface area contributed by atoms with Crippen molar-refractivity contribution in [3.8, 4) is 10.6 Å². The predicted molar refractivity (Wildman–Crippen MR) is 82.3 cm³/mol. The molecule has 1 aliphatic rings. The smallest absolute Gasteiger partial charge is 0.0964 e. The summed E-state index contributed by atoms with van der Waals surface area (Å²) in [5, 5.41) is 6.94. The fourth-order valence-corrected chi connectivity index (χ4v) is 4.12. The molecule has 0 spiro atoms. The van der Waals surface area contributed by atoms with Gasteiger partial charge in [0.2, 0.25) is 0 Å². The third kappa shape index (κ3) is 2.94. The minimum atomic E-state index is 0. The van der Waals surface area contributed by atoms with Gasteiger partial charge in [-0.3, -0.25) is 0 Å². The maximum Gasteiger partial charge on any atom is 0.0964 e. The second kappa shape index (κ2) is 6.15. The highest BCUT2D eigenvalue weighted by Crippen LogP contribution is 2.33. The number of hydrogen-bond acceptors (Lipinski definition) is 4. The quantitative estimate of drug-likeness (QED) is 0.904. The highest BCUT2D eigenvalue weighted by molar-refractivity contribution is 7.16. The van der Waals surface area contributed by atoms with Gasteiger partial charge in [-0.15, -0.1) is 35.1 Å². The SMILES string of the molecule is Cc1ccc(-c2csc(C3CCNCC3)n2)s1.Cl. The minimum absolute atomic E-state index is 0. The second-order valence-corrected chi connectivity index (χ2v) is 6.68. The molecule has 98 valence electrons. The van der Waals surface area contributed by atoms with Crippen LogP contribution < -0.4 is 5.32 Å². The summed E-state index contributed by atoms with van der Waals surface area (Å²) in [6, 6.07) is 4.35. The Bertz CT molecular complexity index is 501. The van der Waals surface area contributed by atoms with Crippen LogP contribution in [0.4, 0.5) is 0 Å². The van der Waals surface area contributed by atoms with E-state index in [9.17, 15) is 0 Å². The number of thiophene rings is 1. The molecule has 1 aliphatic heterocycles. The van der Waals surface area contributed by atoms with E-state index in [4.69, 9.17) is 4.98 Å². The van der Waals surface area contributed by atoms with E-state index in [-0.39, 0.29) is 12.4 Å². The van der Waals surface area contributed by atoms with Crippen molar-refractivity contribution in [2.75, 3.05) is 13.1 Å². The average molecular weight is 301 g/mol. The number of nitrogens with one attached hydrogen (secondary N) is 1. The molecule has 0 aromatic carbocycles.